The number of fused-ring (bicyclic) bond motifs is 5. The van der Waals surface area contributed by atoms with Gasteiger partial charge in [0.15, 0.2) is 5.69 Å². The van der Waals surface area contributed by atoms with E-state index >= 15 is 0 Å². The Hall–Kier alpha value is -3.10. The van der Waals surface area contributed by atoms with E-state index in [0.29, 0.717) is 11.8 Å². The molecule has 2 unspecified atom stereocenters. The van der Waals surface area contributed by atoms with E-state index < -0.39 is 24.3 Å². The van der Waals surface area contributed by atoms with Crippen LogP contribution in [0.1, 0.15) is 36.4 Å². The summed E-state index contributed by atoms with van der Waals surface area (Å²) < 4.78 is 63.1. The number of anilines is 1. The monoisotopic (exact) mass is 557 g/mol. The SMILES string of the molecule is Nc1c2c([nH+]c3cc(Cl)ccc13)CC1C=C(CC[NH2+]O)CC2C1.O=C([O-])C(F)(F)F.O=C([O-])C(F)(F)F. The number of quaternary nitrogens is 1. The number of benzene rings is 1. The first kappa shape index (κ1) is 30.1. The van der Waals surface area contributed by atoms with E-state index in [9.17, 15) is 26.3 Å². The highest BCUT2D eigenvalue weighted by atomic mass is 35.5. The molecule has 0 saturated heterocycles. The van der Waals surface area contributed by atoms with Crippen LogP contribution < -0.4 is 26.4 Å². The number of hydroxylamine groups is 1. The van der Waals surface area contributed by atoms with Gasteiger partial charge in [-0.15, -0.1) is 0 Å². The molecule has 1 aromatic carbocycles. The fourth-order valence-corrected chi connectivity index (χ4v) is 4.49. The molecule has 4 rings (SSSR count). The standard InChI is InChI=1S/C18H20ClN3O.2C2HF3O2/c19-13-1-2-14-15(9-13)22-16-8-11-5-10(3-4-21-23)6-12(7-11)17(16)18(14)20;2*3-2(4,5)1(6)7/h1-2,5,9,11-12,21,23H,3-4,6-8H2,(H2,20,22);2*(H,6,7). The van der Waals surface area contributed by atoms with Gasteiger partial charge in [-0.25, -0.2) is 15.7 Å². The van der Waals surface area contributed by atoms with Gasteiger partial charge in [0.25, 0.3) is 0 Å². The largest absolute Gasteiger partial charge is 0.542 e. The topological polar surface area (TPSA) is 157 Å². The third-order valence-corrected chi connectivity index (χ3v) is 5.91. The summed E-state index contributed by atoms with van der Waals surface area (Å²) >= 11 is 6.12. The van der Waals surface area contributed by atoms with Crippen molar-refractivity contribution < 1.29 is 61.8 Å². The molecule has 0 spiro atoms. The summed E-state index contributed by atoms with van der Waals surface area (Å²) in [7, 11) is 0. The van der Waals surface area contributed by atoms with Crippen LogP contribution in [0.3, 0.4) is 0 Å². The average Bonchev–Trinajstić information content (AvgIpc) is 2.76. The third-order valence-electron chi connectivity index (χ3n) is 5.67. The van der Waals surface area contributed by atoms with Crippen molar-refractivity contribution in [1.82, 2.24) is 0 Å². The molecule has 0 radical (unpaired) electrons. The molecule has 0 amide bonds. The van der Waals surface area contributed by atoms with Crippen molar-refractivity contribution in [2.75, 3.05) is 12.3 Å². The molecule has 2 aliphatic carbocycles. The van der Waals surface area contributed by atoms with Gasteiger partial charge in [0.1, 0.15) is 18.5 Å². The van der Waals surface area contributed by atoms with Gasteiger partial charge >= 0.3 is 12.4 Å². The number of carboxylic acid groups (broad SMARTS) is 2. The van der Waals surface area contributed by atoms with Gasteiger partial charge < -0.3 is 25.5 Å². The number of halogens is 7. The second-order valence-corrected chi connectivity index (χ2v) is 8.77. The summed E-state index contributed by atoms with van der Waals surface area (Å²) in [5.74, 6) is -4.96. The summed E-state index contributed by atoms with van der Waals surface area (Å²) in [6, 6.07) is 5.86. The first-order valence-electron chi connectivity index (χ1n) is 10.7. The molecular formula is C22H22ClF6N3O5. The quantitative estimate of drug-likeness (QED) is 0.288. The normalized spacial score (nSPS) is 18.4. The van der Waals surface area contributed by atoms with Crippen molar-refractivity contribution in [1.29, 1.82) is 0 Å². The van der Waals surface area contributed by atoms with E-state index in [2.05, 4.69) is 11.1 Å². The minimum Gasteiger partial charge on any atom is -0.542 e. The highest BCUT2D eigenvalue weighted by molar-refractivity contribution is 6.31. The molecule has 2 aromatic rings. The molecule has 1 aromatic heterocycles. The average molecular weight is 558 g/mol. The number of nitrogens with two attached hydrogens (primary N) is 2. The second kappa shape index (κ2) is 12.0. The number of rotatable bonds is 3. The van der Waals surface area contributed by atoms with Gasteiger partial charge in [0, 0.05) is 29.5 Å². The summed E-state index contributed by atoms with van der Waals surface area (Å²) in [5, 5.41) is 28.3. The number of allylic oxidation sites excluding steroid dienone is 1. The molecular weight excluding hydrogens is 536 g/mol. The maximum absolute atomic E-state index is 10.5. The Labute approximate surface area is 210 Å². The summed E-state index contributed by atoms with van der Waals surface area (Å²) in [4.78, 5) is 21.1. The zero-order valence-electron chi connectivity index (χ0n) is 18.9. The van der Waals surface area contributed by atoms with Gasteiger partial charge in [-0.1, -0.05) is 23.3 Å². The van der Waals surface area contributed by atoms with Crippen molar-refractivity contribution in [3.8, 4) is 0 Å². The number of hydrogen-bond donors (Lipinski definition) is 3. The van der Waals surface area contributed by atoms with Gasteiger partial charge in [0.2, 0.25) is 5.52 Å². The first-order valence-corrected chi connectivity index (χ1v) is 11.1. The van der Waals surface area contributed by atoms with Crippen molar-refractivity contribution >= 4 is 40.1 Å². The number of aromatic nitrogens is 1. The number of alkyl halides is 6. The Balaban J connectivity index is 0.000000286. The van der Waals surface area contributed by atoms with Crippen molar-refractivity contribution in [2.24, 2.45) is 5.92 Å². The molecule has 0 saturated carbocycles. The van der Waals surface area contributed by atoms with Gasteiger partial charge in [-0.3, -0.25) is 0 Å². The van der Waals surface area contributed by atoms with Gasteiger partial charge in [-0.2, -0.15) is 26.3 Å². The van der Waals surface area contributed by atoms with Crippen molar-refractivity contribution in [2.45, 2.75) is 44.0 Å². The molecule has 2 bridgehead atoms. The van der Waals surface area contributed by atoms with Crippen LogP contribution in [-0.4, -0.2) is 36.0 Å². The van der Waals surface area contributed by atoms with Gasteiger partial charge in [0.05, 0.1) is 11.1 Å². The van der Waals surface area contributed by atoms with Crippen LogP contribution in [0.4, 0.5) is 32.0 Å². The van der Waals surface area contributed by atoms with Crippen LogP contribution in [0.25, 0.3) is 10.9 Å². The summed E-state index contributed by atoms with van der Waals surface area (Å²) in [5.41, 5.74) is 13.8. The second-order valence-electron chi connectivity index (χ2n) is 8.34. The molecule has 0 aliphatic heterocycles. The number of carboxylic acids is 2. The smallest absolute Gasteiger partial charge is 0.430 e. The molecule has 1 heterocycles. The molecule has 15 heteroatoms. The Kier molecular flexibility index (Phi) is 9.74. The zero-order chi connectivity index (χ0) is 28.1. The number of nitrogen functional groups attached to an aromatic ring is 1. The lowest BCUT2D eigenvalue weighted by atomic mass is 9.70. The van der Waals surface area contributed by atoms with Crippen LogP contribution in [0.2, 0.25) is 5.02 Å². The molecule has 37 heavy (non-hydrogen) atoms. The van der Waals surface area contributed by atoms with E-state index in [-0.39, 0.29) is 0 Å². The minimum atomic E-state index is -5.19. The number of pyridine rings is 1. The van der Waals surface area contributed by atoms with E-state index in [0.717, 1.165) is 47.4 Å². The van der Waals surface area contributed by atoms with Gasteiger partial charge in [-0.05, 0) is 36.8 Å². The van der Waals surface area contributed by atoms with Crippen LogP contribution in [0.5, 0.6) is 0 Å². The number of aliphatic carboxylic acids is 2. The molecule has 2 aliphatic rings. The number of aromatic amines is 1. The first-order chi connectivity index (χ1) is 17.0. The number of hydrogen-bond acceptors (Lipinski definition) is 6. The number of nitrogens with one attached hydrogen (secondary N) is 1. The summed E-state index contributed by atoms with van der Waals surface area (Å²) in [6.45, 7) is 0.732. The molecule has 6 N–H and O–H groups in total. The predicted molar refractivity (Wildman–Crippen MR) is 112 cm³/mol. The Morgan fingerprint density at radius 1 is 1.11 bits per heavy atom. The van der Waals surface area contributed by atoms with E-state index in [1.54, 1.807) is 0 Å². The summed E-state index contributed by atoms with van der Waals surface area (Å²) in [6.07, 6.45) is -3.80. The lowest BCUT2D eigenvalue weighted by Crippen LogP contribution is -2.80. The fourth-order valence-electron chi connectivity index (χ4n) is 4.31. The van der Waals surface area contributed by atoms with E-state index in [4.69, 9.17) is 42.3 Å². The molecule has 2 atom stereocenters. The van der Waals surface area contributed by atoms with E-state index in [1.807, 2.05) is 18.2 Å². The highest BCUT2D eigenvalue weighted by Crippen LogP contribution is 2.46. The van der Waals surface area contributed by atoms with E-state index in [1.165, 1.54) is 28.7 Å². The molecule has 8 nitrogen and oxygen atoms in total. The maximum atomic E-state index is 10.5. The van der Waals surface area contributed by atoms with Crippen molar-refractivity contribution in [3.05, 3.63) is 46.1 Å². The van der Waals surface area contributed by atoms with Crippen molar-refractivity contribution in [3.63, 3.8) is 0 Å². The number of carbonyl (C=O) groups excluding carboxylic acids is 2. The third kappa shape index (κ3) is 8.20. The lowest BCUT2D eigenvalue weighted by molar-refractivity contribution is -0.886. The number of carbonyl (C=O) groups is 2. The highest BCUT2D eigenvalue weighted by Gasteiger charge is 2.36. The fraction of sp³-hybridized carbons (Fsp3) is 0.409. The van der Waals surface area contributed by atoms with Crippen LogP contribution >= 0.6 is 11.6 Å². The maximum Gasteiger partial charge on any atom is 0.430 e. The zero-order valence-corrected chi connectivity index (χ0v) is 19.6. The Morgan fingerprint density at radius 3 is 2.19 bits per heavy atom. The molecule has 204 valence electrons. The predicted octanol–water partition coefficient (Wildman–Crippen LogP) is 0.805. The number of H-pyrrole nitrogens is 1. The Morgan fingerprint density at radius 2 is 1.68 bits per heavy atom. The van der Waals surface area contributed by atoms with Crippen LogP contribution in [0, 0.1) is 5.92 Å². The van der Waals surface area contributed by atoms with Crippen LogP contribution in [0.15, 0.2) is 29.8 Å². The lowest BCUT2D eigenvalue weighted by Gasteiger charge is -2.33. The Bertz CT molecular complexity index is 1160. The minimum absolute atomic E-state index is 0.485. The molecule has 0 fully saturated rings. The van der Waals surface area contributed by atoms with Crippen LogP contribution in [-0.2, 0) is 16.0 Å².